The summed E-state index contributed by atoms with van der Waals surface area (Å²) in [6.07, 6.45) is 1.29. The Bertz CT molecular complexity index is 755. The molecule has 2 aromatic rings. The van der Waals surface area contributed by atoms with Crippen LogP contribution >= 0.6 is 0 Å². The highest BCUT2D eigenvalue weighted by Gasteiger charge is 2.35. The van der Waals surface area contributed by atoms with Crippen LogP contribution in [0.3, 0.4) is 0 Å². The number of rotatable bonds is 4. The fourth-order valence-corrected chi connectivity index (χ4v) is 3.27. The lowest BCUT2D eigenvalue weighted by Crippen LogP contribution is -2.13. The fraction of sp³-hybridized carbons (Fsp3) is 0.562. The van der Waals surface area contributed by atoms with Crippen LogP contribution in [0.25, 0.3) is 0 Å². The Balaban J connectivity index is 1.82. The van der Waals surface area contributed by atoms with E-state index in [0.717, 1.165) is 24.7 Å². The SMILES string of the molecule is CNc1nc(Nc2cnn(C3CC[C@H](C)C3)c2C)ncc1C(F)(F)F. The van der Waals surface area contributed by atoms with E-state index in [9.17, 15) is 13.2 Å². The van der Waals surface area contributed by atoms with Gasteiger partial charge in [-0.05, 0) is 32.1 Å². The van der Waals surface area contributed by atoms with Crippen molar-refractivity contribution in [1.82, 2.24) is 19.7 Å². The Morgan fingerprint density at radius 1 is 1.24 bits per heavy atom. The number of halogens is 3. The number of anilines is 3. The van der Waals surface area contributed by atoms with E-state index in [1.54, 1.807) is 6.20 Å². The first-order valence-electron chi connectivity index (χ1n) is 8.22. The second-order valence-corrected chi connectivity index (χ2v) is 6.49. The molecular weight excluding hydrogens is 333 g/mol. The van der Waals surface area contributed by atoms with Gasteiger partial charge in [-0.25, -0.2) is 4.98 Å². The third-order valence-electron chi connectivity index (χ3n) is 4.64. The van der Waals surface area contributed by atoms with Crippen LogP contribution in [0.1, 0.15) is 43.5 Å². The average molecular weight is 354 g/mol. The minimum Gasteiger partial charge on any atom is -0.372 e. The topological polar surface area (TPSA) is 67.7 Å². The molecule has 0 amide bonds. The first-order valence-corrected chi connectivity index (χ1v) is 8.22. The highest BCUT2D eigenvalue weighted by Crippen LogP contribution is 2.36. The Morgan fingerprint density at radius 3 is 2.60 bits per heavy atom. The van der Waals surface area contributed by atoms with Gasteiger partial charge in [0.15, 0.2) is 0 Å². The van der Waals surface area contributed by atoms with Crippen molar-refractivity contribution in [2.45, 2.75) is 45.3 Å². The lowest BCUT2D eigenvalue weighted by atomic mass is 10.1. The Kier molecular flexibility index (Phi) is 4.57. The summed E-state index contributed by atoms with van der Waals surface area (Å²) in [6, 6.07) is 0.368. The van der Waals surface area contributed by atoms with E-state index >= 15 is 0 Å². The Morgan fingerprint density at radius 2 is 2.00 bits per heavy atom. The number of hydrogen-bond acceptors (Lipinski definition) is 5. The molecule has 1 unspecified atom stereocenters. The number of nitrogens with one attached hydrogen (secondary N) is 2. The van der Waals surface area contributed by atoms with Gasteiger partial charge in [0.05, 0.1) is 23.6 Å². The molecule has 2 heterocycles. The molecule has 6 nitrogen and oxygen atoms in total. The van der Waals surface area contributed by atoms with Crippen molar-refractivity contribution < 1.29 is 13.2 Å². The van der Waals surface area contributed by atoms with Gasteiger partial charge in [-0.15, -0.1) is 0 Å². The molecule has 0 radical (unpaired) electrons. The molecule has 3 rings (SSSR count). The van der Waals surface area contributed by atoms with Crippen molar-refractivity contribution in [3.05, 3.63) is 23.7 Å². The zero-order valence-electron chi connectivity index (χ0n) is 14.4. The molecule has 2 aromatic heterocycles. The van der Waals surface area contributed by atoms with Crippen LogP contribution in [0, 0.1) is 12.8 Å². The molecule has 0 aromatic carbocycles. The van der Waals surface area contributed by atoms with Crippen LogP contribution in [-0.2, 0) is 6.18 Å². The van der Waals surface area contributed by atoms with Gasteiger partial charge >= 0.3 is 6.18 Å². The molecule has 2 N–H and O–H groups in total. The van der Waals surface area contributed by atoms with Crippen molar-refractivity contribution in [3.8, 4) is 0 Å². The average Bonchev–Trinajstić information content (AvgIpc) is 3.13. The van der Waals surface area contributed by atoms with E-state index in [1.165, 1.54) is 13.5 Å². The molecule has 1 aliphatic rings. The standard InChI is InChI=1S/C16H21F3N6/c1-9-4-5-11(6-9)25-10(2)13(8-22-25)23-15-21-7-12(16(17,18)19)14(20-3)24-15/h7-9,11H,4-6H2,1-3H3,(H2,20,21,23,24)/t9-,11?/m0/s1. The fourth-order valence-electron chi connectivity index (χ4n) is 3.27. The summed E-state index contributed by atoms with van der Waals surface area (Å²) in [5, 5.41) is 9.86. The highest BCUT2D eigenvalue weighted by atomic mass is 19.4. The zero-order chi connectivity index (χ0) is 18.2. The third-order valence-corrected chi connectivity index (χ3v) is 4.64. The number of alkyl halides is 3. The summed E-state index contributed by atoms with van der Waals surface area (Å²) in [5.41, 5.74) is 0.725. The molecule has 1 saturated carbocycles. The molecular formula is C16H21F3N6. The minimum absolute atomic E-state index is 0.0970. The predicted octanol–water partition coefficient (Wildman–Crippen LogP) is 4.15. The molecule has 0 saturated heterocycles. The Labute approximate surface area is 143 Å². The summed E-state index contributed by atoms with van der Waals surface area (Å²) in [6.45, 7) is 4.16. The van der Waals surface area contributed by atoms with Gasteiger partial charge in [0.25, 0.3) is 0 Å². The quantitative estimate of drug-likeness (QED) is 0.863. The van der Waals surface area contributed by atoms with Crippen molar-refractivity contribution in [3.63, 3.8) is 0 Å². The van der Waals surface area contributed by atoms with E-state index in [0.29, 0.717) is 17.6 Å². The van der Waals surface area contributed by atoms with Crippen molar-refractivity contribution in [1.29, 1.82) is 0 Å². The van der Waals surface area contributed by atoms with Gasteiger partial charge in [-0.1, -0.05) is 6.92 Å². The monoisotopic (exact) mass is 354 g/mol. The van der Waals surface area contributed by atoms with Crippen molar-refractivity contribution in [2.75, 3.05) is 17.7 Å². The summed E-state index contributed by atoms with van der Waals surface area (Å²) < 4.78 is 40.7. The zero-order valence-corrected chi connectivity index (χ0v) is 14.4. The van der Waals surface area contributed by atoms with Gasteiger partial charge in [0.2, 0.25) is 5.95 Å². The molecule has 136 valence electrons. The minimum atomic E-state index is -4.50. The number of aromatic nitrogens is 4. The van der Waals surface area contributed by atoms with Crippen molar-refractivity contribution in [2.24, 2.45) is 5.92 Å². The molecule has 2 atom stereocenters. The number of nitrogens with zero attached hydrogens (tertiary/aromatic N) is 4. The van der Waals surface area contributed by atoms with Gasteiger partial charge < -0.3 is 10.6 Å². The first kappa shape index (κ1) is 17.5. The van der Waals surface area contributed by atoms with Crippen LogP contribution in [0.2, 0.25) is 0 Å². The predicted molar refractivity (Wildman–Crippen MR) is 88.9 cm³/mol. The smallest absolute Gasteiger partial charge is 0.372 e. The van der Waals surface area contributed by atoms with E-state index in [2.05, 4.69) is 32.6 Å². The van der Waals surface area contributed by atoms with E-state index < -0.39 is 11.7 Å². The normalized spacial score (nSPS) is 20.7. The van der Waals surface area contributed by atoms with E-state index in [1.807, 2.05) is 11.6 Å². The maximum absolute atomic E-state index is 12.9. The lowest BCUT2D eigenvalue weighted by molar-refractivity contribution is -0.137. The molecule has 1 fully saturated rings. The Hall–Kier alpha value is -2.32. The molecule has 1 aliphatic carbocycles. The molecule has 0 spiro atoms. The first-order chi connectivity index (χ1) is 11.8. The molecule has 0 bridgehead atoms. The van der Waals surface area contributed by atoms with Gasteiger partial charge in [0, 0.05) is 13.2 Å². The summed E-state index contributed by atoms with van der Waals surface area (Å²) in [7, 11) is 1.39. The molecule has 9 heteroatoms. The van der Waals surface area contributed by atoms with Gasteiger partial charge in [-0.3, -0.25) is 4.68 Å². The molecule has 25 heavy (non-hydrogen) atoms. The summed E-state index contributed by atoms with van der Waals surface area (Å²) >= 11 is 0. The van der Waals surface area contributed by atoms with Crippen LogP contribution < -0.4 is 10.6 Å². The second-order valence-electron chi connectivity index (χ2n) is 6.49. The van der Waals surface area contributed by atoms with Crippen molar-refractivity contribution >= 4 is 17.5 Å². The van der Waals surface area contributed by atoms with Crippen LogP contribution in [-0.4, -0.2) is 26.8 Å². The van der Waals surface area contributed by atoms with E-state index in [-0.39, 0.29) is 11.8 Å². The van der Waals surface area contributed by atoms with Crippen LogP contribution in [0.5, 0.6) is 0 Å². The third kappa shape index (κ3) is 3.54. The van der Waals surface area contributed by atoms with Crippen LogP contribution in [0.15, 0.2) is 12.4 Å². The maximum atomic E-state index is 12.9. The summed E-state index contributed by atoms with van der Waals surface area (Å²) in [5.74, 6) is 0.515. The van der Waals surface area contributed by atoms with Gasteiger partial charge in [-0.2, -0.15) is 23.3 Å². The van der Waals surface area contributed by atoms with Gasteiger partial charge in [0.1, 0.15) is 11.4 Å². The van der Waals surface area contributed by atoms with Crippen LogP contribution in [0.4, 0.5) is 30.6 Å². The molecule has 0 aliphatic heterocycles. The van der Waals surface area contributed by atoms with E-state index in [4.69, 9.17) is 0 Å². The maximum Gasteiger partial charge on any atom is 0.421 e. The number of hydrogen-bond donors (Lipinski definition) is 2. The highest BCUT2D eigenvalue weighted by molar-refractivity contribution is 5.58. The largest absolute Gasteiger partial charge is 0.421 e. The summed E-state index contributed by atoms with van der Waals surface area (Å²) in [4.78, 5) is 7.71. The lowest BCUT2D eigenvalue weighted by Gasteiger charge is -2.14. The second kappa shape index (κ2) is 6.53.